The van der Waals surface area contributed by atoms with E-state index in [9.17, 15) is 18.7 Å². The molecule has 0 bridgehead atoms. The third-order valence-corrected chi connectivity index (χ3v) is 6.46. The van der Waals surface area contributed by atoms with E-state index in [1.165, 1.54) is 39.8 Å². The van der Waals surface area contributed by atoms with Gasteiger partial charge in [-0.3, -0.25) is 9.48 Å². The van der Waals surface area contributed by atoms with Crippen LogP contribution in [0.4, 0.5) is 14.5 Å². The van der Waals surface area contributed by atoms with Crippen LogP contribution in [0.25, 0.3) is 16.9 Å². The van der Waals surface area contributed by atoms with Crippen molar-refractivity contribution in [3.05, 3.63) is 59.6 Å². The summed E-state index contributed by atoms with van der Waals surface area (Å²) in [6, 6.07) is 5.87. The molecule has 1 atom stereocenters. The zero-order chi connectivity index (χ0) is 26.8. The van der Waals surface area contributed by atoms with Crippen molar-refractivity contribution < 1.29 is 23.4 Å². The van der Waals surface area contributed by atoms with Crippen molar-refractivity contribution in [1.29, 1.82) is 0 Å². The fourth-order valence-electron chi connectivity index (χ4n) is 4.25. The Morgan fingerprint density at radius 2 is 2.05 bits per heavy atom. The summed E-state index contributed by atoms with van der Waals surface area (Å²) >= 11 is 6.18. The molecule has 200 valence electrons. The molecule has 2 N–H and O–H groups in total. The van der Waals surface area contributed by atoms with E-state index >= 15 is 0 Å². The highest BCUT2D eigenvalue weighted by molar-refractivity contribution is 6.31. The smallest absolute Gasteiger partial charge is 0.387 e. The first kappa shape index (κ1) is 25.8. The maximum Gasteiger partial charge on any atom is 0.387 e. The molecule has 0 saturated carbocycles. The van der Waals surface area contributed by atoms with Gasteiger partial charge in [-0.15, -0.1) is 0 Å². The molecule has 1 aliphatic rings. The summed E-state index contributed by atoms with van der Waals surface area (Å²) in [7, 11) is 1.99. The van der Waals surface area contributed by atoms with Crippen LogP contribution >= 0.6 is 11.6 Å². The molecular formula is C24H25ClF2N8O3. The number of aromatic nitrogens is 5. The van der Waals surface area contributed by atoms with Gasteiger partial charge >= 0.3 is 6.61 Å². The standard InChI is InChI=1S/C24H25ClF2N8O3/c1-32-7-9-33(10-8-32)20(36)14-34-13-18(30-23(37)17-12-29-35-6-2-5-28-22(17)35)21(31-34)16-11-15(25)3-4-19(16)38-24(26)27/h2-6,11-13,23-24,30,37H,7-10,14H2,1H3. The number of benzene rings is 1. The van der Waals surface area contributed by atoms with Crippen molar-refractivity contribution in [2.45, 2.75) is 19.4 Å². The number of fused-ring (bicyclic) bond motifs is 1. The van der Waals surface area contributed by atoms with Gasteiger partial charge in [-0.25, -0.2) is 9.50 Å². The first-order valence-corrected chi connectivity index (χ1v) is 12.2. The first-order chi connectivity index (χ1) is 18.3. The molecule has 1 fully saturated rings. The number of alkyl halides is 2. The average Bonchev–Trinajstić information content (AvgIpc) is 3.49. The van der Waals surface area contributed by atoms with Crippen molar-refractivity contribution in [2.75, 3.05) is 38.5 Å². The zero-order valence-corrected chi connectivity index (χ0v) is 21.1. The predicted molar refractivity (Wildman–Crippen MR) is 135 cm³/mol. The van der Waals surface area contributed by atoms with E-state index in [-0.39, 0.29) is 40.2 Å². The molecule has 1 aliphatic heterocycles. The highest BCUT2D eigenvalue weighted by Crippen LogP contribution is 2.38. The fraction of sp³-hybridized carbons (Fsp3) is 0.333. The van der Waals surface area contributed by atoms with Crippen LogP contribution in [0.3, 0.4) is 0 Å². The lowest BCUT2D eigenvalue weighted by Gasteiger charge is -2.32. The lowest BCUT2D eigenvalue weighted by Crippen LogP contribution is -2.48. The van der Waals surface area contributed by atoms with Gasteiger partial charge in [-0.2, -0.15) is 19.0 Å². The van der Waals surface area contributed by atoms with Gasteiger partial charge in [0, 0.05) is 55.4 Å². The number of hydrogen-bond donors (Lipinski definition) is 2. The molecule has 4 heterocycles. The van der Waals surface area contributed by atoms with Gasteiger partial charge in [0.25, 0.3) is 0 Å². The van der Waals surface area contributed by atoms with Gasteiger partial charge in [0.2, 0.25) is 5.91 Å². The number of nitrogens with one attached hydrogen (secondary N) is 1. The van der Waals surface area contributed by atoms with Crippen LogP contribution in [0.2, 0.25) is 5.02 Å². The number of amides is 1. The summed E-state index contributed by atoms with van der Waals surface area (Å²) in [6.07, 6.45) is 4.96. The number of rotatable bonds is 8. The van der Waals surface area contributed by atoms with Crippen LogP contribution in [0.1, 0.15) is 11.8 Å². The maximum absolute atomic E-state index is 13.2. The number of piperazine rings is 1. The highest BCUT2D eigenvalue weighted by Gasteiger charge is 2.24. The minimum atomic E-state index is -3.08. The lowest BCUT2D eigenvalue weighted by atomic mass is 10.1. The minimum Gasteiger partial charge on any atom is -0.434 e. The molecule has 0 radical (unpaired) electrons. The third kappa shape index (κ3) is 5.54. The van der Waals surface area contributed by atoms with Crippen LogP contribution in [0.5, 0.6) is 5.75 Å². The molecule has 1 saturated heterocycles. The number of aliphatic hydroxyl groups is 1. The summed E-state index contributed by atoms with van der Waals surface area (Å²) in [6.45, 7) is -0.453. The maximum atomic E-state index is 13.2. The number of halogens is 3. The fourth-order valence-corrected chi connectivity index (χ4v) is 4.42. The number of ether oxygens (including phenoxy) is 1. The Bertz CT molecular complexity index is 1440. The quantitative estimate of drug-likeness (QED) is 0.324. The van der Waals surface area contributed by atoms with E-state index in [0.717, 1.165) is 13.1 Å². The highest BCUT2D eigenvalue weighted by atomic mass is 35.5. The average molecular weight is 547 g/mol. The van der Waals surface area contributed by atoms with E-state index in [4.69, 9.17) is 16.3 Å². The van der Waals surface area contributed by atoms with Gasteiger partial charge < -0.3 is 25.0 Å². The van der Waals surface area contributed by atoms with Crippen LogP contribution in [-0.4, -0.2) is 85.0 Å². The van der Waals surface area contributed by atoms with E-state index in [0.29, 0.717) is 24.3 Å². The number of nitrogens with zero attached hydrogens (tertiary/aromatic N) is 7. The van der Waals surface area contributed by atoms with Crippen molar-refractivity contribution in [2.24, 2.45) is 0 Å². The lowest BCUT2D eigenvalue weighted by molar-refractivity contribution is -0.133. The van der Waals surface area contributed by atoms with Gasteiger partial charge in [-0.1, -0.05) is 11.6 Å². The Morgan fingerprint density at radius 3 is 2.82 bits per heavy atom. The molecule has 3 aromatic heterocycles. The number of anilines is 1. The second kappa shape index (κ2) is 10.9. The second-order valence-electron chi connectivity index (χ2n) is 8.83. The Labute approximate surface area is 221 Å². The first-order valence-electron chi connectivity index (χ1n) is 11.8. The number of likely N-dealkylation sites (N-methyl/N-ethyl adjacent to an activating group) is 1. The van der Waals surface area contributed by atoms with E-state index in [1.807, 2.05) is 7.05 Å². The summed E-state index contributed by atoms with van der Waals surface area (Å²) in [5.41, 5.74) is 1.40. The summed E-state index contributed by atoms with van der Waals surface area (Å²) in [4.78, 5) is 21.1. The normalized spacial score (nSPS) is 15.3. The van der Waals surface area contributed by atoms with E-state index in [2.05, 4.69) is 25.4 Å². The molecule has 0 spiro atoms. The summed E-state index contributed by atoms with van der Waals surface area (Å²) in [5, 5.41) is 22.9. The Kier molecular flexibility index (Phi) is 7.40. The molecule has 1 unspecified atom stereocenters. The molecular weight excluding hydrogens is 522 g/mol. The second-order valence-corrected chi connectivity index (χ2v) is 9.26. The molecule has 1 aromatic carbocycles. The Balaban J connectivity index is 1.49. The van der Waals surface area contributed by atoms with Crippen LogP contribution in [0, 0.1) is 0 Å². The van der Waals surface area contributed by atoms with E-state index in [1.54, 1.807) is 23.4 Å². The predicted octanol–water partition coefficient (Wildman–Crippen LogP) is 2.72. The third-order valence-electron chi connectivity index (χ3n) is 6.22. The number of hydrogen-bond acceptors (Lipinski definition) is 8. The van der Waals surface area contributed by atoms with Crippen LogP contribution in [-0.2, 0) is 11.3 Å². The minimum absolute atomic E-state index is 0.0850. The summed E-state index contributed by atoms with van der Waals surface area (Å²) < 4.78 is 33.9. The largest absolute Gasteiger partial charge is 0.434 e. The molecule has 1 amide bonds. The molecule has 14 heteroatoms. The Hall–Kier alpha value is -3.81. The van der Waals surface area contributed by atoms with Crippen LogP contribution in [0.15, 0.2) is 49.1 Å². The van der Waals surface area contributed by atoms with E-state index < -0.39 is 12.8 Å². The number of aliphatic hydroxyl groups excluding tert-OH is 1. The van der Waals surface area contributed by atoms with Gasteiger partial charge in [0.05, 0.1) is 17.4 Å². The summed E-state index contributed by atoms with van der Waals surface area (Å²) in [5.74, 6) is -0.295. The van der Waals surface area contributed by atoms with Crippen molar-refractivity contribution in [3.63, 3.8) is 0 Å². The number of carbonyl (C=O) groups excluding carboxylic acids is 1. The van der Waals surface area contributed by atoms with Crippen molar-refractivity contribution >= 4 is 28.8 Å². The molecule has 4 aromatic rings. The molecule has 0 aliphatic carbocycles. The SMILES string of the molecule is CN1CCN(C(=O)Cn2cc(NC(O)c3cnn4cccnc34)c(-c3cc(Cl)ccc3OC(F)F)n2)CC1. The molecule has 5 rings (SSSR count). The van der Waals surface area contributed by atoms with Crippen molar-refractivity contribution in [1.82, 2.24) is 34.2 Å². The van der Waals surface area contributed by atoms with Gasteiger partial charge in [0.1, 0.15) is 18.0 Å². The monoisotopic (exact) mass is 546 g/mol. The van der Waals surface area contributed by atoms with Gasteiger partial charge in [-0.05, 0) is 31.3 Å². The number of carbonyl (C=O) groups is 1. The topological polar surface area (TPSA) is 113 Å². The zero-order valence-electron chi connectivity index (χ0n) is 20.3. The van der Waals surface area contributed by atoms with Gasteiger partial charge in [0.15, 0.2) is 11.9 Å². The van der Waals surface area contributed by atoms with Crippen LogP contribution < -0.4 is 10.1 Å². The molecule has 38 heavy (non-hydrogen) atoms. The Morgan fingerprint density at radius 1 is 1.26 bits per heavy atom. The van der Waals surface area contributed by atoms with Crippen molar-refractivity contribution in [3.8, 4) is 17.0 Å². The molecule has 11 nitrogen and oxygen atoms in total.